The molecule has 81 heavy (non-hydrogen) atoms. The van der Waals surface area contributed by atoms with Crippen LogP contribution in [0.4, 0.5) is 51.2 Å². The molecule has 0 saturated heterocycles. The van der Waals surface area contributed by atoms with E-state index in [1.54, 1.807) is 0 Å². The molecule has 0 aliphatic carbocycles. The minimum atomic E-state index is 1.07. The molecular formula is C78H57N3. The molecule has 13 aromatic rings. The van der Waals surface area contributed by atoms with Crippen molar-refractivity contribution in [1.82, 2.24) is 0 Å². The Morgan fingerprint density at radius 3 is 0.568 bits per heavy atom. The number of rotatable bonds is 15. The molecular weight excluding hydrogens is 979 g/mol. The van der Waals surface area contributed by atoms with E-state index in [1.165, 1.54) is 49.0 Å². The molecule has 0 aliphatic heterocycles. The second-order valence-corrected chi connectivity index (χ2v) is 20.2. The minimum absolute atomic E-state index is 1.07. The molecule has 0 fully saturated rings. The summed E-state index contributed by atoms with van der Waals surface area (Å²) in [4.78, 5) is 7.11. The molecule has 0 unspecified atom stereocenters. The standard InChI is InChI=1S/C78H57N3/c1-7-19-58(20-8-1)31-34-61-37-43-67(44-38-61)79(64-25-13-4-14-26-64)70-49-52-73-76(55-70)74-53-50-71(80(65-27-15-5-16-28-65)68-45-39-62(40-46-68)35-32-59-21-9-2-10-22-59)57-78(74)75-54-51-72(56-77(73)75)81(66-29-17-6-18-30-66)69-47-41-63(42-48-69)36-33-60-23-11-3-12-24-60/h1-57H. The summed E-state index contributed by atoms with van der Waals surface area (Å²) in [5.74, 6) is 0. The maximum Gasteiger partial charge on any atom is 0.0468 e. The fraction of sp³-hybridized carbons (Fsp3) is 0. The lowest BCUT2D eigenvalue weighted by atomic mass is 9.92. The van der Waals surface area contributed by atoms with E-state index in [0.717, 1.165) is 67.9 Å². The normalized spacial score (nSPS) is 11.6. The Labute approximate surface area is 474 Å². The molecule has 13 aromatic carbocycles. The Balaban J connectivity index is 0.974. The van der Waals surface area contributed by atoms with Gasteiger partial charge in [-0.05, 0) is 175 Å². The van der Waals surface area contributed by atoms with Crippen molar-refractivity contribution in [3.63, 3.8) is 0 Å². The van der Waals surface area contributed by atoms with Crippen LogP contribution < -0.4 is 14.7 Å². The fourth-order valence-corrected chi connectivity index (χ4v) is 10.9. The van der Waals surface area contributed by atoms with E-state index in [2.05, 4.69) is 361 Å². The first-order chi connectivity index (χ1) is 40.1. The molecule has 0 aromatic heterocycles. The van der Waals surface area contributed by atoms with Crippen LogP contribution in [0.2, 0.25) is 0 Å². The van der Waals surface area contributed by atoms with Crippen molar-refractivity contribution in [1.29, 1.82) is 0 Å². The second kappa shape index (κ2) is 23.1. The summed E-state index contributed by atoms with van der Waals surface area (Å²) in [7, 11) is 0. The van der Waals surface area contributed by atoms with Crippen LogP contribution in [0.1, 0.15) is 33.4 Å². The average Bonchev–Trinajstić information content (AvgIpc) is 3.72. The van der Waals surface area contributed by atoms with Crippen molar-refractivity contribution in [2.75, 3.05) is 14.7 Å². The number of nitrogens with zero attached hydrogens (tertiary/aromatic N) is 3. The van der Waals surface area contributed by atoms with E-state index in [4.69, 9.17) is 0 Å². The smallest absolute Gasteiger partial charge is 0.0468 e. The number of para-hydroxylation sites is 3. The summed E-state index contributed by atoms with van der Waals surface area (Å²) in [6.07, 6.45) is 13.0. The van der Waals surface area contributed by atoms with Gasteiger partial charge in [-0.3, -0.25) is 0 Å². The third-order valence-corrected chi connectivity index (χ3v) is 15.0. The van der Waals surface area contributed by atoms with Crippen LogP contribution in [0.5, 0.6) is 0 Å². The van der Waals surface area contributed by atoms with Crippen molar-refractivity contribution in [3.8, 4) is 0 Å². The van der Waals surface area contributed by atoms with Gasteiger partial charge in [0.1, 0.15) is 0 Å². The zero-order chi connectivity index (χ0) is 54.2. The Hall–Kier alpha value is -10.7. The first-order valence-electron chi connectivity index (χ1n) is 27.6. The van der Waals surface area contributed by atoms with Crippen LogP contribution in [-0.4, -0.2) is 0 Å². The van der Waals surface area contributed by atoms with Crippen LogP contribution >= 0.6 is 0 Å². The maximum atomic E-state index is 2.40. The molecule has 0 N–H and O–H groups in total. The lowest BCUT2D eigenvalue weighted by Crippen LogP contribution is -2.10. The average molecular weight is 1040 g/mol. The number of hydrogen-bond donors (Lipinski definition) is 0. The minimum Gasteiger partial charge on any atom is -0.310 e. The third kappa shape index (κ3) is 10.9. The maximum absolute atomic E-state index is 2.40. The van der Waals surface area contributed by atoms with Gasteiger partial charge in [0.2, 0.25) is 0 Å². The Kier molecular flexibility index (Phi) is 14.2. The third-order valence-electron chi connectivity index (χ3n) is 15.0. The molecule has 0 heterocycles. The summed E-state index contributed by atoms with van der Waals surface area (Å²) in [6, 6.07) is 111. The van der Waals surface area contributed by atoms with Gasteiger partial charge < -0.3 is 14.7 Å². The van der Waals surface area contributed by atoms with Crippen molar-refractivity contribution < 1.29 is 0 Å². The van der Waals surface area contributed by atoms with E-state index >= 15 is 0 Å². The zero-order valence-electron chi connectivity index (χ0n) is 44.8. The van der Waals surface area contributed by atoms with Crippen LogP contribution in [0.15, 0.2) is 309 Å². The molecule has 3 nitrogen and oxygen atoms in total. The molecule has 0 amide bonds. The summed E-state index contributed by atoms with van der Waals surface area (Å²) in [5.41, 5.74) is 16.6. The predicted octanol–water partition coefficient (Wildman–Crippen LogP) is 22.1. The lowest BCUT2D eigenvalue weighted by Gasteiger charge is -2.28. The van der Waals surface area contributed by atoms with Gasteiger partial charge >= 0.3 is 0 Å². The Bertz CT molecular complexity index is 3850. The topological polar surface area (TPSA) is 9.72 Å². The van der Waals surface area contributed by atoms with Gasteiger partial charge in [0.05, 0.1) is 0 Å². The van der Waals surface area contributed by atoms with Gasteiger partial charge in [-0.25, -0.2) is 0 Å². The molecule has 0 spiro atoms. The highest BCUT2D eigenvalue weighted by Crippen LogP contribution is 2.46. The molecule has 3 heteroatoms. The quantitative estimate of drug-likeness (QED) is 0.0748. The van der Waals surface area contributed by atoms with Crippen molar-refractivity contribution in [2.24, 2.45) is 0 Å². The highest BCUT2D eigenvalue weighted by Gasteiger charge is 2.20. The number of benzene rings is 13. The number of hydrogen-bond acceptors (Lipinski definition) is 3. The van der Waals surface area contributed by atoms with E-state index in [0.29, 0.717) is 0 Å². The van der Waals surface area contributed by atoms with Crippen molar-refractivity contribution in [3.05, 3.63) is 343 Å². The van der Waals surface area contributed by atoms with Gasteiger partial charge in [-0.2, -0.15) is 0 Å². The first kappa shape index (κ1) is 49.8. The summed E-state index contributed by atoms with van der Waals surface area (Å²) >= 11 is 0. The van der Waals surface area contributed by atoms with E-state index < -0.39 is 0 Å². The molecule has 0 aliphatic rings. The Morgan fingerprint density at radius 2 is 0.333 bits per heavy atom. The summed E-state index contributed by atoms with van der Waals surface area (Å²) in [6.45, 7) is 0. The molecule has 0 bridgehead atoms. The lowest BCUT2D eigenvalue weighted by molar-refractivity contribution is 1.28. The van der Waals surface area contributed by atoms with Gasteiger partial charge in [-0.1, -0.05) is 237 Å². The number of anilines is 9. The molecule has 384 valence electrons. The van der Waals surface area contributed by atoms with E-state index in [-0.39, 0.29) is 0 Å². The molecule has 13 rings (SSSR count). The first-order valence-corrected chi connectivity index (χ1v) is 27.6. The molecule has 0 atom stereocenters. The zero-order valence-corrected chi connectivity index (χ0v) is 44.8. The fourth-order valence-electron chi connectivity index (χ4n) is 10.9. The van der Waals surface area contributed by atoms with Gasteiger partial charge in [0, 0.05) is 51.2 Å². The van der Waals surface area contributed by atoms with Crippen LogP contribution in [0.3, 0.4) is 0 Å². The van der Waals surface area contributed by atoms with Crippen LogP contribution in [0, 0.1) is 0 Å². The van der Waals surface area contributed by atoms with Crippen LogP contribution in [0.25, 0.3) is 68.8 Å². The van der Waals surface area contributed by atoms with Gasteiger partial charge in [-0.15, -0.1) is 0 Å². The Morgan fingerprint density at radius 1 is 0.148 bits per heavy atom. The van der Waals surface area contributed by atoms with E-state index in [9.17, 15) is 0 Å². The molecule has 0 radical (unpaired) electrons. The largest absolute Gasteiger partial charge is 0.310 e. The van der Waals surface area contributed by atoms with Gasteiger partial charge in [0.15, 0.2) is 0 Å². The number of fused-ring (bicyclic) bond motifs is 6. The second-order valence-electron chi connectivity index (χ2n) is 20.2. The monoisotopic (exact) mass is 1040 g/mol. The summed E-state index contributed by atoms with van der Waals surface area (Å²) in [5, 5.41) is 7.05. The van der Waals surface area contributed by atoms with Crippen molar-refractivity contribution in [2.45, 2.75) is 0 Å². The predicted molar refractivity (Wildman–Crippen MR) is 349 cm³/mol. The SMILES string of the molecule is C(=Cc1ccc(N(c2ccccc2)c2ccc3c(c2)c2ccc(N(c4ccccc4)c4ccc(C=Cc5ccccc5)cc4)cc2c2ccc(N(c4ccccc4)c4ccc(C=Cc5ccccc5)cc4)cc32)cc1)c1ccccc1. The van der Waals surface area contributed by atoms with E-state index in [1.807, 2.05) is 0 Å². The van der Waals surface area contributed by atoms with Gasteiger partial charge in [0.25, 0.3) is 0 Å². The highest BCUT2D eigenvalue weighted by molar-refractivity contribution is 6.27. The van der Waals surface area contributed by atoms with Crippen molar-refractivity contribution >= 4 is 120 Å². The molecule has 0 saturated carbocycles. The highest BCUT2D eigenvalue weighted by atomic mass is 15.2. The van der Waals surface area contributed by atoms with Crippen LogP contribution in [-0.2, 0) is 0 Å². The summed E-state index contributed by atoms with van der Waals surface area (Å²) < 4.78 is 0.